The Morgan fingerprint density at radius 2 is 2.18 bits per heavy atom. The van der Waals surface area contributed by atoms with E-state index in [1.807, 2.05) is 18.3 Å². The van der Waals surface area contributed by atoms with Crippen molar-refractivity contribution in [3.63, 3.8) is 0 Å². The second-order valence-corrected chi connectivity index (χ2v) is 5.06. The lowest BCUT2D eigenvalue weighted by atomic mass is 10.1. The third-order valence-corrected chi connectivity index (χ3v) is 3.26. The Bertz CT molecular complexity index is 522. The van der Waals surface area contributed by atoms with Crippen LogP contribution in [0.15, 0.2) is 29.0 Å². The third kappa shape index (κ3) is 2.52. The number of hydrogen-bond donors (Lipinski definition) is 1. The molecule has 0 aliphatic heterocycles. The van der Waals surface area contributed by atoms with Gasteiger partial charge in [-0.25, -0.2) is 0 Å². The van der Waals surface area contributed by atoms with Crippen molar-refractivity contribution in [1.82, 2.24) is 9.55 Å². The van der Waals surface area contributed by atoms with Crippen LogP contribution in [0.5, 0.6) is 0 Å². The number of aromatic amines is 1. The highest BCUT2D eigenvalue weighted by Gasteiger charge is 2.15. The topological polar surface area (TPSA) is 33.9 Å². The average molecular weight is 250 g/mol. The van der Waals surface area contributed by atoms with Crippen molar-refractivity contribution in [3.8, 4) is 0 Å². The standard InChI is InChI=1S/C13H18N2OS/c1-9(2)12-8-14-13(17)15(12)10(3)7-11-5-4-6-16-11/h4-6,8-10H,7H2,1-3H3,(H,14,17). The molecule has 3 nitrogen and oxygen atoms in total. The molecule has 92 valence electrons. The first-order chi connectivity index (χ1) is 8.09. The maximum absolute atomic E-state index is 5.38. The van der Waals surface area contributed by atoms with E-state index in [1.165, 1.54) is 5.69 Å². The number of nitrogens with one attached hydrogen (secondary N) is 1. The molecule has 1 N–H and O–H groups in total. The van der Waals surface area contributed by atoms with E-state index < -0.39 is 0 Å². The van der Waals surface area contributed by atoms with Crippen LogP contribution < -0.4 is 0 Å². The van der Waals surface area contributed by atoms with Crippen LogP contribution in [0.1, 0.15) is 44.2 Å². The van der Waals surface area contributed by atoms with Crippen LogP contribution in [0, 0.1) is 4.77 Å². The van der Waals surface area contributed by atoms with Crippen molar-refractivity contribution in [1.29, 1.82) is 0 Å². The second kappa shape index (κ2) is 4.92. The summed E-state index contributed by atoms with van der Waals surface area (Å²) in [7, 11) is 0. The Labute approximate surface area is 106 Å². The maximum Gasteiger partial charge on any atom is 0.177 e. The van der Waals surface area contributed by atoms with Gasteiger partial charge in [0.2, 0.25) is 0 Å². The van der Waals surface area contributed by atoms with Crippen molar-refractivity contribution in [2.45, 2.75) is 39.2 Å². The minimum absolute atomic E-state index is 0.303. The molecule has 17 heavy (non-hydrogen) atoms. The Morgan fingerprint density at radius 1 is 1.41 bits per heavy atom. The summed E-state index contributed by atoms with van der Waals surface area (Å²) in [6, 6.07) is 4.22. The van der Waals surface area contributed by atoms with Crippen molar-refractivity contribution >= 4 is 12.2 Å². The van der Waals surface area contributed by atoms with Crippen LogP contribution in [-0.4, -0.2) is 9.55 Å². The monoisotopic (exact) mass is 250 g/mol. The zero-order chi connectivity index (χ0) is 12.4. The number of hydrogen-bond acceptors (Lipinski definition) is 2. The Hall–Kier alpha value is -1.29. The molecule has 2 aromatic heterocycles. The molecule has 4 heteroatoms. The number of H-pyrrole nitrogens is 1. The molecule has 2 rings (SSSR count). The maximum atomic E-state index is 5.38. The molecule has 0 aliphatic rings. The Kier molecular flexibility index (Phi) is 3.52. The first-order valence-corrected chi connectivity index (χ1v) is 6.32. The normalized spacial score (nSPS) is 13.2. The van der Waals surface area contributed by atoms with E-state index in [0.29, 0.717) is 12.0 Å². The molecule has 0 radical (unpaired) electrons. The van der Waals surface area contributed by atoms with Crippen molar-refractivity contribution in [2.75, 3.05) is 0 Å². The summed E-state index contributed by atoms with van der Waals surface area (Å²) in [5, 5.41) is 0. The van der Waals surface area contributed by atoms with Gasteiger partial charge in [0.15, 0.2) is 4.77 Å². The van der Waals surface area contributed by atoms with Gasteiger partial charge in [-0.3, -0.25) is 0 Å². The molecule has 0 bridgehead atoms. The van der Waals surface area contributed by atoms with Crippen LogP contribution in [0.25, 0.3) is 0 Å². The van der Waals surface area contributed by atoms with Gasteiger partial charge in [0.1, 0.15) is 5.76 Å². The van der Waals surface area contributed by atoms with E-state index >= 15 is 0 Å². The predicted molar refractivity (Wildman–Crippen MR) is 70.8 cm³/mol. The average Bonchev–Trinajstić information content (AvgIpc) is 2.86. The highest BCUT2D eigenvalue weighted by molar-refractivity contribution is 7.71. The minimum Gasteiger partial charge on any atom is -0.469 e. The van der Waals surface area contributed by atoms with Crippen LogP contribution in [0.2, 0.25) is 0 Å². The summed E-state index contributed by atoms with van der Waals surface area (Å²) in [6.07, 6.45) is 4.58. The molecule has 1 unspecified atom stereocenters. The summed E-state index contributed by atoms with van der Waals surface area (Å²) < 4.78 is 8.35. The van der Waals surface area contributed by atoms with Gasteiger partial charge in [-0.2, -0.15) is 0 Å². The third-order valence-electron chi connectivity index (χ3n) is 2.95. The van der Waals surface area contributed by atoms with Crippen LogP contribution in [-0.2, 0) is 6.42 Å². The molecule has 0 saturated heterocycles. The van der Waals surface area contributed by atoms with E-state index in [0.717, 1.165) is 17.0 Å². The molecule has 1 atom stereocenters. The molecule has 0 amide bonds. The van der Waals surface area contributed by atoms with Crippen LogP contribution in [0.4, 0.5) is 0 Å². The van der Waals surface area contributed by atoms with E-state index in [2.05, 4.69) is 30.3 Å². The molecule has 0 saturated carbocycles. The number of furan rings is 1. The van der Waals surface area contributed by atoms with E-state index in [4.69, 9.17) is 16.6 Å². The van der Waals surface area contributed by atoms with Gasteiger partial charge in [0.05, 0.1) is 6.26 Å². The zero-order valence-corrected chi connectivity index (χ0v) is 11.3. The molecule has 0 fully saturated rings. The van der Waals surface area contributed by atoms with Gasteiger partial charge in [0, 0.05) is 24.4 Å². The van der Waals surface area contributed by atoms with Gasteiger partial charge < -0.3 is 14.0 Å². The van der Waals surface area contributed by atoms with E-state index in [1.54, 1.807) is 6.26 Å². The van der Waals surface area contributed by atoms with Gasteiger partial charge in [-0.05, 0) is 37.2 Å². The van der Waals surface area contributed by atoms with Gasteiger partial charge >= 0.3 is 0 Å². The fourth-order valence-corrected chi connectivity index (χ4v) is 2.45. The van der Waals surface area contributed by atoms with Gasteiger partial charge in [-0.15, -0.1) is 0 Å². The molecule has 0 spiro atoms. The predicted octanol–water partition coefficient (Wildman–Crippen LogP) is 4.07. The fourth-order valence-electron chi connectivity index (χ4n) is 2.10. The highest BCUT2D eigenvalue weighted by atomic mass is 32.1. The number of nitrogens with zero attached hydrogens (tertiary/aromatic N) is 1. The van der Waals surface area contributed by atoms with Crippen molar-refractivity contribution in [3.05, 3.63) is 40.8 Å². The van der Waals surface area contributed by atoms with E-state index in [9.17, 15) is 0 Å². The van der Waals surface area contributed by atoms with E-state index in [-0.39, 0.29) is 0 Å². The molecule has 2 aromatic rings. The molecule has 2 heterocycles. The summed E-state index contributed by atoms with van der Waals surface area (Å²) in [5.41, 5.74) is 1.24. The van der Waals surface area contributed by atoms with Gasteiger partial charge in [-0.1, -0.05) is 13.8 Å². The molecular weight excluding hydrogens is 232 g/mol. The Balaban J connectivity index is 2.27. The zero-order valence-electron chi connectivity index (χ0n) is 10.4. The van der Waals surface area contributed by atoms with Crippen molar-refractivity contribution in [2.24, 2.45) is 0 Å². The highest BCUT2D eigenvalue weighted by Crippen LogP contribution is 2.22. The minimum atomic E-state index is 0.303. The summed E-state index contributed by atoms with van der Waals surface area (Å²) in [5.74, 6) is 1.46. The molecule has 0 aliphatic carbocycles. The number of imidazole rings is 1. The lowest BCUT2D eigenvalue weighted by Crippen LogP contribution is -2.12. The van der Waals surface area contributed by atoms with Crippen molar-refractivity contribution < 1.29 is 4.42 Å². The smallest absolute Gasteiger partial charge is 0.177 e. The number of aromatic nitrogens is 2. The first-order valence-electron chi connectivity index (χ1n) is 5.91. The lowest BCUT2D eigenvalue weighted by molar-refractivity contribution is 0.436. The van der Waals surface area contributed by atoms with Crippen LogP contribution in [0.3, 0.4) is 0 Å². The second-order valence-electron chi connectivity index (χ2n) is 4.68. The summed E-state index contributed by atoms with van der Waals surface area (Å²) >= 11 is 5.34. The molecule has 0 aromatic carbocycles. The quantitative estimate of drug-likeness (QED) is 0.830. The Morgan fingerprint density at radius 3 is 2.76 bits per heavy atom. The fraction of sp³-hybridized carbons (Fsp3) is 0.462. The first kappa shape index (κ1) is 12.2. The summed E-state index contributed by atoms with van der Waals surface area (Å²) in [4.78, 5) is 3.13. The molecular formula is C13H18N2OS. The SMILES string of the molecule is CC(C)c1c[nH]c(=S)n1C(C)Cc1ccco1. The number of rotatable bonds is 4. The largest absolute Gasteiger partial charge is 0.469 e. The van der Waals surface area contributed by atoms with Crippen LogP contribution >= 0.6 is 12.2 Å². The summed E-state index contributed by atoms with van der Waals surface area (Å²) in [6.45, 7) is 6.51. The van der Waals surface area contributed by atoms with Gasteiger partial charge in [0.25, 0.3) is 0 Å². The lowest BCUT2D eigenvalue weighted by Gasteiger charge is -2.17.